The summed E-state index contributed by atoms with van der Waals surface area (Å²) in [5.74, 6) is 0. The van der Waals surface area contributed by atoms with E-state index in [0.29, 0.717) is 0 Å². The number of hydrogen-bond donors (Lipinski definition) is 0. The maximum atomic E-state index is 4.85. The molecule has 0 spiro atoms. The molecule has 1 aromatic heterocycles. The molecule has 3 aromatic rings. The molecule has 0 aliphatic carbocycles. The van der Waals surface area contributed by atoms with Gasteiger partial charge >= 0.3 is 0 Å². The molecule has 0 saturated heterocycles. The van der Waals surface area contributed by atoms with Crippen LogP contribution < -0.4 is 0 Å². The van der Waals surface area contributed by atoms with E-state index in [0.717, 1.165) is 11.3 Å². The predicted octanol–water partition coefficient (Wildman–Crippen LogP) is 4.32. The van der Waals surface area contributed by atoms with Gasteiger partial charge in [-0.2, -0.15) is 0 Å². The highest BCUT2D eigenvalue weighted by molar-refractivity contribution is 5.68. The highest BCUT2D eigenvalue weighted by Gasteiger charge is 2.02. The number of aromatic nitrogens is 1. The van der Waals surface area contributed by atoms with Gasteiger partial charge in [0.25, 0.3) is 0 Å². The molecular formula is C16H13NO. The van der Waals surface area contributed by atoms with Crippen molar-refractivity contribution in [2.45, 2.75) is 6.92 Å². The Morgan fingerprint density at radius 1 is 0.722 bits per heavy atom. The van der Waals surface area contributed by atoms with Crippen LogP contribution in [0.3, 0.4) is 0 Å². The van der Waals surface area contributed by atoms with E-state index in [9.17, 15) is 0 Å². The molecule has 0 aliphatic rings. The Kier molecular flexibility index (Phi) is 2.69. The first kappa shape index (κ1) is 10.8. The zero-order chi connectivity index (χ0) is 12.4. The number of hydrogen-bond acceptors (Lipinski definition) is 2. The largest absolute Gasteiger partial charge is 0.364 e. The SMILES string of the molecule is Cc1ccc(-c2ccc(-c3ccon3)cc2)cc1. The van der Waals surface area contributed by atoms with E-state index in [4.69, 9.17) is 4.52 Å². The van der Waals surface area contributed by atoms with Gasteiger partial charge in [-0.3, -0.25) is 0 Å². The standard InChI is InChI=1S/C16H13NO/c1-12-2-4-13(5-3-12)14-6-8-15(9-7-14)16-10-11-18-17-16/h2-11H,1H3. The third-order valence-corrected chi connectivity index (χ3v) is 3.00. The Balaban J connectivity index is 1.94. The van der Waals surface area contributed by atoms with Gasteiger partial charge in [0.15, 0.2) is 0 Å². The first-order valence-electron chi connectivity index (χ1n) is 5.91. The molecule has 88 valence electrons. The van der Waals surface area contributed by atoms with Crippen molar-refractivity contribution >= 4 is 0 Å². The quantitative estimate of drug-likeness (QED) is 0.661. The first-order valence-corrected chi connectivity index (χ1v) is 5.91. The van der Waals surface area contributed by atoms with E-state index in [1.807, 2.05) is 6.07 Å². The van der Waals surface area contributed by atoms with Crippen LogP contribution in [0.2, 0.25) is 0 Å². The Morgan fingerprint density at radius 2 is 1.28 bits per heavy atom. The molecule has 0 radical (unpaired) electrons. The first-order chi connectivity index (χ1) is 8.83. The molecular weight excluding hydrogens is 222 g/mol. The molecule has 2 nitrogen and oxygen atoms in total. The van der Waals surface area contributed by atoms with Crippen molar-refractivity contribution in [2.24, 2.45) is 0 Å². The highest BCUT2D eigenvalue weighted by atomic mass is 16.5. The lowest BCUT2D eigenvalue weighted by atomic mass is 10.0. The lowest BCUT2D eigenvalue weighted by Crippen LogP contribution is -1.80. The number of rotatable bonds is 2. The summed E-state index contributed by atoms with van der Waals surface area (Å²) in [6.07, 6.45) is 1.59. The van der Waals surface area contributed by atoms with E-state index in [2.05, 4.69) is 60.6 Å². The van der Waals surface area contributed by atoms with Gasteiger partial charge in [0.05, 0.1) is 0 Å². The van der Waals surface area contributed by atoms with Crippen molar-refractivity contribution in [3.63, 3.8) is 0 Å². The van der Waals surface area contributed by atoms with Crippen LogP contribution >= 0.6 is 0 Å². The van der Waals surface area contributed by atoms with Gasteiger partial charge in [-0.25, -0.2) is 0 Å². The van der Waals surface area contributed by atoms with Gasteiger partial charge in [-0.15, -0.1) is 0 Å². The van der Waals surface area contributed by atoms with Crippen molar-refractivity contribution < 1.29 is 4.52 Å². The summed E-state index contributed by atoms with van der Waals surface area (Å²) in [5.41, 5.74) is 5.65. The summed E-state index contributed by atoms with van der Waals surface area (Å²) in [4.78, 5) is 0. The Labute approximate surface area is 106 Å². The van der Waals surface area contributed by atoms with Gasteiger partial charge < -0.3 is 4.52 Å². The third kappa shape index (κ3) is 2.05. The van der Waals surface area contributed by atoms with Crippen LogP contribution in [0, 0.1) is 6.92 Å². The van der Waals surface area contributed by atoms with Crippen molar-refractivity contribution in [3.8, 4) is 22.4 Å². The molecule has 1 heterocycles. The van der Waals surface area contributed by atoms with E-state index in [-0.39, 0.29) is 0 Å². The van der Waals surface area contributed by atoms with Crippen molar-refractivity contribution in [3.05, 3.63) is 66.4 Å². The molecule has 0 unspecified atom stereocenters. The van der Waals surface area contributed by atoms with E-state index in [1.165, 1.54) is 16.7 Å². The normalized spacial score (nSPS) is 10.5. The van der Waals surface area contributed by atoms with E-state index >= 15 is 0 Å². The molecule has 18 heavy (non-hydrogen) atoms. The van der Waals surface area contributed by atoms with E-state index < -0.39 is 0 Å². The molecule has 2 heteroatoms. The topological polar surface area (TPSA) is 26.0 Å². The molecule has 0 saturated carbocycles. The molecule has 0 amide bonds. The van der Waals surface area contributed by atoms with E-state index in [1.54, 1.807) is 6.26 Å². The fraction of sp³-hybridized carbons (Fsp3) is 0.0625. The summed E-state index contributed by atoms with van der Waals surface area (Å²) >= 11 is 0. The summed E-state index contributed by atoms with van der Waals surface area (Å²) in [6, 6.07) is 18.7. The van der Waals surface area contributed by atoms with Crippen LogP contribution in [0.25, 0.3) is 22.4 Å². The van der Waals surface area contributed by atoms with Crippen molar-refractivity contribution in [1.82, 2.24) is 5.16 Å². The average Bonchev–Trinajstić information content (AvgIpc) is 2.94. The Morgan fingerprint density at radius 3 is 1.83 bits per heavy atom. The third-order valence-electron chi connectivity index (χ3n) is 3.00. The van der Waals surface area contributed by atoms with Crippen LogP contribution in [0.15, 0.2) is 65.4 Å². The van der Waals surface area contributed by atoms with Crippen molar-refractivity contribution in [2.75, 3.05) is 0 Å². The molecule has 2 aromatic carbocycles. The highest BCUT2D eigenvalue weighted by Crippen LogP contribution is 2.24. The van der Waals surface area contributed by atoms with Crippen LogP contribution in [0.1, 0.15) is 5.56 Å². The van der Waals surface area contributed by atoms with Gasteiger partial charge in [0, 0.05) is 11.6 Å². The fourth-order valence-electron chi connectivity index (χ4n) is 1.94. The summed E-state index contributed by atoms with van der Waals surface area (Å²) in [7, 11) is 0. The Hall–Kier alpha value is -2.35. The van der Waals surface area contributed by atoms with Gasteiger partial charge in [0.1, 0.15) is 12.0 Å². The fourth-order valence-corrected chi connectivity index (χ4v) is 1.94. The maximum absolute atomic E-state index is 4.85. The minimum absolute atomic E-state index is 0.866. The Bertz CT molecular complexity index is 622. The van der Waals surface area contributed by atoms with Gasteiger partial charge in [-0.05, 0) is 18.1 Å². The molecule has 0 atom stereocenters. The second-order valence-electron chi connectivity index (χ2n) is 4.33. The van der Waals surface area contributed by atoms with Crippen LogP contribution in [0.4, 0.5) is 0 Å². The molecule has 0 bridgehead atoms. The number of nitrogens with zero attached hydrogens (tertiary/aromatic N) is 1. The zero-order valence-corrected chi connectivity index (χ0v) is 10.1. The predicted molar refractivity (Wildman–Crippen MR) is 72.1 cm³/mol. The number of aryl methyl sites for hydroxylation is 1. The number of benzene rings is 2. The van der Waals surface area contributed by atoms with Crippen LogP contribution in [0.5, 0.6) is 0 Å². The second-order valence-corrected chi connectivity index (χ2v) is 4.33. The lowest BCUT2D eigenvalue weighted by molar-refractivity contribution is 0.422. The molecule has 0 aliphatic heterocycles. The van der Waals surface area contributed by atoms with Gasteiger partial charge in [0.2, 0.25) is 0 Å². The molecule has 3 rings (SSSR count). The zero-order valence-electron chi connectivity index (χ0n) is 10.1. The lowest BCUT2D eigenvalue weighted by Gasteiger charge is -2.03. The average molecular weight is 235 g/mol. The second kappa shape index (κ2) is 4.49. The summed E-state index contributed by atoms with van der Waals surface area (Å²) in [5, 5.41) is 3.93. The smallest absolute Gasteiger partial charge is 0.124 e. The monoisotopic (exact) mass is 235 g/mol. The molecule has 0 fully saturated rings. The van der Waals surface area contributed by atoms with Crippen LogP contribution in [-0.2, 0) is 0 Å². The summed E-state index contributed by atoms with van der Waals surface area (Å²) < 4.78 is 4.85. The summed E-state index contributed by atoms with van der Waals surface area (Å²) in [6.45, 7) is 2.09. The minimum Gasteiger partial charge on any atom is -0.364 e. The van der Waals surface area contributed by atoms with Crippen LogP contribution in [-0.4, -0.2) is 5.16 Å². The maximum Gasteiger partial charge on any atom is 0.124 e. The molecule has 0 N–H and O–H groups in total. The minimum atomic E-state index is 0.866. The van der Waals surface area contributed by atoms with Crippen molar-refractivity contribution in [1.29, 1.82) is 0 Å². The van der Waals surface area contributed by atoms with Gasteiger partial charge in [-0.1, -0.05) is 59.3 Å².